The maximum Gasteiger partial charge on any atom is 0.207 e. The van der Waals surface area contributed by atoms with E-state index in [1.54, 1.807) is 0 Å². The fourth-order valence-electron chi connectivity index (χ4n) is 3.87. The predicted octanol–water partition coefficient (Wildman–Crippen LogP) is 1.42. The van der Waals surface area contributed by atoms with Crippen LogP contribution in [0, 0.1) is 0 Å². The lowest BCUT2D eigenvalue weighted by Crippen LogP contribution is -2.33. The van der Waals surface area contributed by atoms with E-state index in [0.29, 0.717) is 29.4 Å². The molecule has 4 aromatic rings. The molecule has 0 amide bonds. The predicted molar refractivity (Wildman–Crippen MR) is 123 cm³/mol. The summed E-state index contributed by atoms with van der Waals surface area (Å²) in [7, 11) is 0. The molecule has 1 fully saturated rings. The van der Waals surface area contributed by atoms with Crippen LogP contribution in [0.5, 0.6) is 11.5 Å². The maximum absolute atomic E-state index is 10.6. The normalized spacial score (nSPS) is 22.2. The topological polar surface area (TPSA) is 161 Å². The molecule has 0 spiro atoms. The van der Waals surface area contributed by atoms with Gasteiger partial charge in [-0.15, -0.1) is 0 Å². The van der Waals surface area contributed by atoms with Crippen LogP contribution >= 0.6 is 0 Å². The molecule has 11 nitrogen and oxygen atoms in total. The number of fused-ring (bicyclic) bond motifs is 1. The molecule has 6 N–H and O–H groups in total. The lowest BCUT2D eigenvalue weighted by atomic mass is 10.1. The molecule has 0 aliphatic carbocycles. The summed E-state index contributed by atoms with van der Waals surface area (Å²) >= 11 is 0. The second-order valence-corrected chi connectivity index (χ2v) is 7.88. The van der Waals surface area contributed by atoms with Crippen molar-refractivity contribution in [3.8, 4) is 11.5 Å². The largest absolute Gasteiger partial charge is 0.457 e. The van der Waals surface area contributed by atoms with Gasteiger partial charge in [0.25, 0.3) is 0 Å². The molecule has 176 valence electrons. The first-order valence-corrected chi connectivity index (χ1v) is 10.7. The molecule has 1 saturated heterocycles. The standard InChI is InChI=1S/C23H24N6O5/c24-20-17-21(27-12-26-20)29(22-19(32)18(31)16(11-30)34-22)23(28-17)25-10-13-6-8-15(9-7-13)33-14-4-2-1-3-5-14/h1-9,12,16,18-19,22,30-32H,10-11H2,(H,25,28)(H2,24,26,27)/t16-,18-,19-,22-/m1/s1. The Hall–Kier alpha value is -3.77. The molecule has 2 aromatic carbocycles. The third-order valence-electron chi connectivity index (χ3n) is 5.63. The highest BCUT2D eigenvalue weighted by Crippen LogP contribution is 2.35. The number of aliphatic hydroxyl groups excluding tert-OH is 3. The molecule has 34 heavy (non-hydrogen) atoms. The van der Waals surface area contributed by atoms with Crippen molar-refractivity contribution in [2.24, 2.45) is 0 Å². The van der Waals surface area contributed by atoms with E-state index in [-0.39, 0.29) is 5.82 Å². The molecule has 2 aromatic heterocycles. The smallest absolute Gasteiger partial charge is 0.207 e. The van der Waals surface area contributed by atoms with Crippen molar-refractivity contribution in [3.05, 3.63) is 66.5 Å². The molecule has 0 radical (unpaired) electrons. The van der Waals surface area contributed by atoms with Crippen LogP contribution in [0.2, 0.25) is 0 Å². The fourth-order valence-corrected chi connectivity index (χ4v) is 3.87. The lowest BCUT2D eigenvalue weighted by molar-refractivity contribution is -0.0501. The Morgan fingerprint density at radius 2 is 1.74 bits per heavy atom. The molecule has 4 atom stereocenters. The molecule has 0 bridgehead atoms. The summed E-state index contributed by atoms with van der Waals surface area (Å²) in [5, 5.41) is 33.5. The molecule has 0 saturated carbocycles. The Morgan fingerprint density at radius 1 is 1.00 bits per heavy atom. The fraction of sp³-hybridized carbons (Fsp3) is 0.261. The highest BCUT2D eigenvalue weighted by Gasteiger charge is 2.45. The number of hydrogen-bond donors (Lipinski definition) is 5. The quantitative estimate of drug-likeness (QED) is 0.270. The Balaban J connectivity index is 1.39. The van der Waals surface area contributed by atoms with Crippen molar-refractivity contribution in [2.45, 2.75) is 31.1 Å². The Labute approximate surface area is 194 Å². The van der Waals surface area contributed by atoms with Crippen LogP contribution in [0.3, 0.4) is 0 Å². The van der Waals surface area contributed by atoms with Gasteiger partial charge in [0.1, 0.15) is 36.1 Å². The van der Waals surface area contributed by atoms with Crippen molar-refractivity contribution in [1.82, 2.24) is 19.5 Å². The highest BCUT2D eigenvalue weighted by atomic mass is 16.6. The van der Waals surface area contributed by atoms with Gasteiger partial charge in [-0.25, -0.2) is 15.0 Å². The number of hydrogen-bond acceptors (Lipinski definition) is 10. The van der Waals surface area contributed by atoms with Gasteiger partial charge in [0.2, 0.25) is 5.95 Å². The number of nitrogens with one attached hydrogen (secondary N) is 1. The molecule has 1 aliphatic heterocycles. The number of aliphatic hydroxyl groups is 3. The minimum Gasteiger partial charge on any atom is -0.457 e. The van der Waals surface area contributed by atoms with Crippen molar-refractivity contribution < 1.29 is 24.8 Å². The number of anilines is 2. The molecular weight excluding hydrogens is 440 g/mol. The maximum atomic E-state index is 10.6. The zero-order chi connectivity index (χ0) is 23.7. The van der Waals surface area contributed by atoms with Gasteiger partial charge in [-0.05, 0) is 29.8 Å². The second kappa shape index (κ2) is 9.23. The summed E-state index contributed by atoms with van der Waals surface area (Å²) < 4.78 is 13.0. The van der Waals surface area contributed by atoms with Crippen molar-refractivity contribution in [3.63, 3.8) is 0 Å². The number of rotatable bonds is 7. The second-order valence-electron chi connectivity index (χ2n) is 7.88. The molecule has 0 unspecified atom stereocenters. The van der Waals surface area contributed by atoms with E-state index in [4.69, 9.17) is 15.2 Å². The van der Waals surface area contributed by atoms with Crippen LogP contribution in [-0.2, 0) is 11.3 Å². The van der Waals surface area contributed by atoms with Crippen LogP contribution in [0.15, 0.2) is 60.9 Å². The highest BCUT2D eigenvalue weighted by molar-refractivity contribution is 5.84. The first-order chi connectivity index (χ1) is 16.5. The lowest BCUT2D eigenvalue weighted by Gasteiger charge is -2.19. The van der Waals surface area contributed by atoms with Gasteiger partial charge in [-0.1, -0.05) is 30.3 Å². The first kappa shape index (κ1) is 22.0. The van der Waals surface area contributed by atoms with Crippen LogP contribution in [-0.4, -0.2) is 59.8 Å². The number of nitrogens with zero attached hydrogens (tertiary/aromatic N) is 4. The van der Waals surface area contributed by atoms with Gasteiger partial charge in [0.05, 0.1) is 6.61 Å². The Kier molecular flexibility index (Phi) is 5.99. The Bertz CT molecular complexity index is 1270. The molecular formula is C23H24N6O5. The Morgan fingerprint density at radius 3 is 2.44 bits per heavy atom. The van der Waals surface area contributed by atoms with Gasteiger partial charge in [-0.3, -0.25) is 4.57 Å². The third kappa shape index (κ3) is 4.13. The van der Waals surface area contributed by atoms with Crippen molar-refractivity contribution in [2.75, 3.05) is 17.7 Å². The summed E-state index contributed by atoms with van der Waals surface area (Å²) in [6.45, 7) is -0.0598. The van der Waals surface area contributed by atoms with Gasteiger partial charge in [0.15, 0.2) is 23.2 Å². The van der Waals surface area contributed by atoms with Crippen molar-refractivity contribution >= 4 is 22.9 Å². The van der Waals surface area contributed by atoms with E-state index in [1.165, 1.54) is 10.9 Å². The monoisotopic (exact) mass is 464 g/mol. The molecule has 11 heteroatoms. The van der Waals surface area contributed by atoms with Crippen molar-refractivity contribution in [1.29, 1.82) is 0 Å². The minimum absolute atomic E-state index is 0.168. The van der Waals surface area contributed by atoms with E-state index in [1.807, 2.05) is 54.6 Å². The number of aromatic nitrogens is 4. The number of imidazole rings is 1. The average Bonchev–Trinajstić information content (AvgIpc) is 3.37. The average molecular weight is 464 g/mol. The zero-order valence-electron chi connectivity index (χ0n) is 18.0. The van der Waals surface area contributed by atoms with E-state index >= 15 is 0 Å². The zero-order valence-corrected chi connectivity index (χ0v) is 18.0. The summed E-state index contributed by atoms with van der Waals surface area (Å²) in [5.41, 5.74) is 7.58. The number of nitrogen functional groups attached to an aromatic ring is 1. The third-order valence-corrected chi connectivity index (χ3v) is 5.63. The number of nitrogens with two attached hydrogens (primary N) is 1. The van der Waals surface area contributed by atoms with E-state index in [9.17, 15) is 15.3 Å². The SMILES string of the molecule is Nc1ncnc2c1nc(NCc1ccc(Oc3ccccc3)cc1)n2[C@@H]1O[C@H](CO)[C@@H](O)[C@H]1O. The van der Waals surface area contributed by atoms with E-state index < -0.39 is 31.1 Å². The first-order valence-electron chi connectivity index (χ1n) is 10.7. The number of ether oxygens (including phenoxy) is 2. The summed E-state index contributed by atoms with van der Waals surface area (Å²) in [6.07, 6.45) is -3.26. The van der Waals surface area contributed by atoms with Crippen LogP contribution in [0.1, 0.15) is 11.8 Å². The molecule has 5 rings (SSSR count). The number of benzene rings is 2. The van der Waals surface area contributed by atoms with Gasteiger partial charge in [-0.2, -0.15) is 0 Å². The summed E-state index contributed by atoms with van der Waals surface area (Å²) in [4.78, 5) is 12.7. The van der Waals surface area contributed by atoms with Gasteiger partial charge >= 0.3 is 0 Å². The van der Waals surface area contributed by atoms with Gasteiger partial charge < -0.3 is 35.8 Å². The summed E-state index contributed by atoms with van der Waals surface area (Å²) in [6, 6.07) is 17.1. The van der Waals surface area contributed by atoms with Crippen LogP contribution in [0.4, 0.5) is 11.8 Å². The van der Waals surface area contributed by atoms with E-state index in [2.05, 4.69) is 20.3 Å². The van der Waals surface area contributed by atoms with Crippen LogP contribution in [0.25, 0.3) is 11.2 Å². The van der Waals surface area contributed by atoms with Gasteiger partial charge in [0, 0.05) is 6.54 Å². The van der Waals surface area contributed by atoms with E-state index in [0.717, 1.165) is 11.3 Å². The number of para-hydroxylation sites is 1. The minimum atomic E-state index is -1.30. The van der Waals surface area contributed by atoms with Crippen LogP contribution < -0.4 is 15.8 Å². The summed E-state index contributed by atoms with van der Waals surface area (Å²) in [5.74, 6) is 1.94. The molecule has 1 aliphatic rings. The molecule has 3 heterocycles.